The van der Waals surface area contributed by atoms with Gasteiger partial charge in [0.2, 0.25) is 0 Å². The summed E-state index contributed by atoms with van der Waals surface area (Å²) in [6.45, 7) is 4.14. The molecule has 0 spiro atoms. The van der Waals surface area contributed by atoms with Gasteiger partial charge in [-0.15, -0.1) is 53.6 Å². The summed E-state index contributed by atoms with van der Waals surface area (Å²) in [7, 11) is 0. The van der Waals surface area contributed by atoms with Gasteiger partial charge in [0, 0.05) is 43.6 Å². The van der Waals surface area contributed by atoms with Crippen LogP contribution in [0.5, 0.6) is 0 Å². The van der Waals surface area contributed by atoms with Crippen molar-refractivity contribution >= 4 is 33.1 Å². The Labute approximate surface area is 263 Å². The Morgan fingerprint density at radius 3 is 2.37 bits per heavy atom. The van der Waals surface area contributed by atoms with Gasteiger partial charge >= 0.3 is 0 Å². The number of benzene rings is 4. The first kappa shape index (κ1) is 28.2. The van der Waals surface area contributed by atoms with Gasteiger partial charge in [0.15, 0.2) is 5.65 Å². The van der Waals surface area contributed by atoms with Crippen molar-refractivity contribution in [3.05, 3.63) is 145 Å². The zero-order chi connectivity index (χ0) is 28.5. The summed E-state index contributed by atoms with van der Waals surface area (Å²) in [5.74, 6) is 0.776. The first-order chi connectivity index (χ1) is 20.7. The average Bonchev–Trinajstić information content (AvgIpc) is 3.62. The molecule has 0 saturated heterocycles. The van der Waals surface area contributed by atoms with Crippen molar-refractivity contribution in [2.45, 2.75) is 13.8 Å². The predicted octanol–water partition coefficient (Wildman–Crippen LogP) is 8.95. The molecule has 43 heavy (non-hydrogen) atoms. The summed E-state index contributed by atoms with van der Waals surface area (Å²) < 4.78 is 8.47. The molecule has 6 heteroatoms. The fourth-order valence-corrected chi connectivity index (χ4v) is 5.24. The van der Waals surface area contributed by atoms with Gasteiger partial charge in [0.05, 0.1) is 16.9 Å². The molecule has 1 radical (unpaired) electrons. The first-order valence-corrected chi connectivity index (χ1v) is 13.8. The molecule has 0 bridgehead atoms. The number of aryl methyl sites for hydroxylation is 2. The number of fused-ring (bicyclic) bond motifs is 4. The van der Waals surface area contributed by atoms with Crippen molar-refractivity contribution in [2.75, 3.05) is 0 Å². The molecule has 4 aromatic carbocycles. The van der Waals surface area contributed by atoms with E-state index in [1.165, 1.54) is 0 Å². The van der Waals surface area contributed by atoms with E-state index >= 15 is 0 Å². The molecule has 5 nitrogen and oxygen atoms in total. The van der Waals surface area contributed by atoms with Gasteiger partial charge in [0.25, 0.3) is 0 Å². The number of aromatic nitrogens is 4. The molecule has 0 aliphatic rings. The maximum absolute atomic E-state index is 6.32. The molecule has 0 unspecified atom stereocenters. The number of furan rings is 1. The number of pyridine rings is 2. The van der Waals surface area contributed by atoms with Crippen molar-refractivity contribution in [3.8, 4) is 28.3 Å². The zero-order valence-corrected chi connectivity index (χ0v) is 26.0. The van der Waals surface area contributed by atoms with Crippen LogP contribution in [-0.2, 0) is 20.1 Å². The minimum absolute atomic E-state index is 0. The van der Waals surface area contributed by atoms with Crippen molar-refractivity contribution in [2.24, 2.45) is 0 Å². The monoisotopic (exact) mass is 735 g/mol. The van der Waals surface area contributed by atoms with E-state index < -0.39 is 0 Å². The molecule has 0 N–H and O–H groups in total. The van der Waals surface area contributed by atoms with Gasteiger partial charge < -0.3 is 14.0 Å². The van der Waals surface area contributed by atoms with Crippen molar-refractivity contribution in [1.82, 2.24) is 19.5 Å². The number of hydrogen-bond donors (Lipinski definition) is 0. The standard InChI is InChI=1S/C26H18N3O.C11H8N.Ir/c1-16-14-21-25(27-15-16)28-26(29(21)18-8-4-3-5-9-18)20-13-12-17(2)23-19-10-6-7-11-22(19)30-24(20)23;1-2-6-10(7-3-1)11-8-4-5-9-12-11;/h3-12,14-15H,1-2H3;1-6,8-9H;/q2*-1;. The van der Waals surface area contributed by atoms with Gasteiger partial charge in [-0.3, -0.25) is 4.98 Å². The fourth-order valence-electron chi connectivity index (χ4n) is 5.24. The van der Waals surface area contributed by atoms with E-state index in [9.17, 15) is 0 Å². The number of imidazole rings is 1. The molecule has 4 aromatic heterocycles. The Morgan fingerprint density at radius 1 is 0.791 bits per heavy atom. The van der Waals surface area contributed by atoms with Crippen LogP contribution in [-0.4, -0.2) is 19.5 Å². The molecule has 0 atom stereocenters. The van der Waals surface area contributed by atoms with Crippen LogP contribution in [0.1, 0.15) is 11.1 Å². The summed E-state index contributed by atoms with van der Waals surface area (Å²) in [5.41, 5.74) is 9.45. The maximum Gasteiger partial charge on any atom is 0.168 e. The summed E-state index contributed by atoms with van der Waals surface area (Å²) in [6, 6.07) is 42.8. The Kier molecular flexibility index (Phi) is 7.97. The van der Waals surface area contributed by atoms with Crippen LogP contribution in [0.3, 0.4) is 0 Å². The Balaban J connectivity index is 0.000000213. The molecular weight excluding hydrogens is 709 g/mol. The third-order valence-electron chi connectivity index (χ3n) is 7.19. The van der Waals surface area contributed by atoms with Crippen molar-refractivity contribution in [1.29, 1.82) is 0 Å². The van der Waals surface area contributed by atoms with Crippen LogP contribution < -0.4 is 0 Å². The maximum atomic E-state index is 6.32. The third-order valence-corrected chi connectivity index (χ3v) is 7.19. The van der Waals surface area contributed by atoms with Gasteiger partial charge in [-0.05, 0) is 48.5 Å². The Hall–Kier alpha value is -4.90. The quantitative estimate of drug-likeness (QED) is 0.170. The zero-order valence-electron chi connectivity index (χ0n) is 23.6. The molecule has 0 aliphatic carbocycles. The van der Waals surface area contributed by atoms with Crippen LogP contribution in [0, 0.1) is 26.0 Å². The second-order valence-electron chi connectivity index (χ2n) is 10.1. The van der Waals surface area contributed by atoms with Gasteiger partial charge in [0.1, 0.15) is 5.58 Å². The molecule has 8 rings (SSSR count). The number of rotatable bonds is 3. The van der Waals surface area contributed by atoms with Gasteiger partial charge in [-0.1, -0.05) is 66.4 Å². The van der Waals surface area contributed by atoms with E-state index in [2.05, 4.69) is 57.9 Å². The minimum atomic E-state index is 0. The van der Waals surface area contributed by atoms with Crippen LogP contribution >= 0.6 is 0 Å². The van der Waals surface area contributed by atoms with Crippen LogP contribution in [0.4, 0.5) is 0 Å². The molecule has 0 aliphatic heterocycles. The van der Waals surface area contributed by atoms with E-state index in [1.54, 1.807) is 6.20 Å². The van der Waals surface area contributed by atoms with Crippen molar-refractivity contribution in [3.63, 3.8) is 0 Å². The molecule has 0 amide bonds. The SMILES string of the molecule is Cc1cnc2nc(-c3[c-]cc(C)c4c3oc3ccccc34)n(-c3ccccc3)c2c1.[Ir].[c-]1ccccc1-c1ccccn1. The van der Waals surface area contributed by atoms with E-state index in [4.69, 9.17) is 9.40 Å². The first-order valence-electron chi connectivity index (χ1n) is 13.8. The molecular formula is C37H26IrN4O-2. The second-order valence-corrected chi connectivity index (χ2v) is 10.1. The topological polar surface area (TPSA) is 56.7 Å². The van der Waals surface area contributed by atoms with E-state index in [-0.39, 0.29) is 20.1 Å². The van der Waals surface area contributed by atoms with E-state index in [0.29, 0.717) is 5.65 Å². The molecule has 4 heterocycles. The summed E-state index contributed by atoms with van der Waals surface area (Å²) in [4.78, 5) is 13.7. The van der Waals surface area contributed by atoms with E-state index in [1.807, 2.05) is 98.0 Å². The number of para-hydroxylation sites is 2. The number of nitrogens with zero attached hydrogens (tertiary/aromatic N) is 4. The summed E-state index contributed by atoms with van der Waals surface area (Å²) in [5, 5.41) is 2.21. The predicted molar refractivity (Wildman–Crippen MR) is 168 cm³/mol. The van der Waals surface area contributed by atoms with Gasteiger partial charge in [-0.25, -0.2) is 4.98 Å². The normalized spacial score (nSPS) is 10.8. The summed E-state index contributed by atoms with van der Waals surface area (Å²) >= 11 is 0. The Morgan fingerprint density at radius 2 is 1.58 bits per heavy atom. The minimum Gasteiger partial charge on any atom is -0.501 e. The number of hydrogen-bond acceptors (Lipinski definition) is 4. The van der Waals surface area contributed by atoms with Crippen LogP contribution in [0.2, 0.25) is 0 Å². The third kappa shape index (κ3) is 5.39. The molecule has 0 fully saturated rings. The molecule has 211 valence electrons. The van der Waals surface area contributed by atoms with Crippen LogP contribution in [0.25, 0.3) is 61.4 Å². The molecule has 0 saturated carbocycles. The second kappa shape index (κ2) is 12.1. The van der Waals surface area contributed by atoms with Crippen LogP contribution in [0.15, 0.2) is 126 Å². The van der Waals surface area contributed by atoms with E-state index in [0.717, 1.165) is 66.9 Å². The largest absolute Gasteiger partial charge is 0.501 e. The smallest absolute Gasteiger partial charge is 0.168 e. The molecule has 8 aromatic rings. The summed E-state index contributed by atoms with van der Waals surface area (Å²) in [6.07, 6.45) is 3.64. The fraction of sp³-hybridized carbons (Fsp3) is 0.0541. The average molecular weight is 735 g/mol. The van der Waals surface area contributed by atoms with Gasteiger partial charge in [-0.2, -0.15) is 0 Å². The van der Waals surface area contributed by atoms with Crippen molar-refractivity contribution < 1.29 is 24.5 Å². The Bertz CT molecular complexity index is 2120.